The van der Waals surface area contributed by atoms with Crippen molar-refractivity contribution in [2.75, 3.05) is 5.75 Å². The summed E-state index contributed by atoms with van der Waals surface area (Å²) >= 11 is 1.94. The van der Waals surface area contributed by atoms with E-state index in [0.29, 0.717) is 5.92 Å². The predicted molar refractivity (Wildman–Crippen MR) is 48.8 cm³/mol. The summed E-state index contributed by atoms with van der Waals surface area (Å²) in [5.41, 5.74) is 0. The topological polar surface area (TPSA) is 0 Å². The molecule has 0 bridgehead atoms. The van der Waals surface area contributed by atoms with Crippen LogP contribution in [0.25, 0.3) is 0 Å². The first-order chi connectivity index (χ1) is 4.84. The second-order valence-corrected chi connectivity index (χ2v) is 3.71. The van der Waals surface area contributed by atoms with Crippen LogP contribution in [-0.2, 0) is 0 Å². The van der Waals surface area contributed by atoms with Crippen molar-refractivity contribution in [2.24, 2.45) is 5.92 Å². The summed E-state index contributed by atoms with van der Waals surface area (Å²) in [5, 5.41) is 1.49. The van der Waals surface area contributed by atoms with E-state index in [4.69, 9.17) is 0 Å². The Labute approximate surface area is 67.4 Å². The number of hydrogen-bond acceptors (Lipinski definition) is 1. The lowest BCUT2D eigenvalue weighted by molar-refractivity contribution is 0.852. The molecule has 0 aromatic rings. The van der Waals surface area contributed by atoms with Crippen LogP contribution >= 0.6 is 11.8 Å². The lowest BCUT2D eigenvalue weighted by Gasteiger charge is -2.17. The van der Waals surface area contributed by atoms with Crippen molar-refractivity contribution >= 4 is 11.8 Å². The molecule has 1 atom stereocenters. The van der Waals surface area contributed by atoms with Gasteiger partial charge in [0.15, 0.2) is 0 Å². The highest BCUT2D eigenvalue weighted by atomic mass is 32.2. The van der Waals surface area contributed by atoms with E-state index >= 15 is 0 Å². The summed E-state index contributed by atoms with van der Waals surface area (Å²) in [4.78, 5) is 0. The molecule has 0 aliphatic heterocycles. The first kappa shape index (κ1) is 7.93. The zero-order valence-electron chi connectivity index (χ0n) is 6.50. The molecule has 0 nitrogen and oxygen atoms in total. The Morgan fingerprint density at radius 1 is 1.50 bits per heavy atom. The Morgan fingerprint density at radius 2 is 2.30 bits per heavy atom. The molecule has 0 saturated heterocycles. The van der Waals surface area contributed by atoms with Crippen molar-refractivity contribution < 1.29 is 0 Å². The number of rotatable bonds is 2. The average Bonchev–Trinajstić information content (AvgIpc) is 1.94. The average molecular weight is 153 g/mol. The van der Waals surface area contributed by atoms with Crippen LogP contribution in [0.1, 0.15) is 13.8 Å². The van der Waals surface area contributed by atoms with E-state index in [9.17, 15) is 0 Å². The van der Waals surface area contributed by atoms with Crippen LogP contribution in [0.4, 0.5) is 0 Å². The first-order valence-corrected chi connectivity index (χ1v) is 4.67. The van der Waals surface area contributed by atoms with E-state index in [1.54, 1.807) is 0 Å². The SMILES string of the molecule is CCS[C]1C=CC=CC1C. The Morgan fingerprint density at radius 3 is 2.90 bits per heavy atom. The third-order valence-electron chi connectivity index (χ3n) is 1.53. The van der Waals surface area contributed by atoms with Gasteiger partial charge in [-0.25, -0.2) is 0 Å². The standard InChI is InChI=1S/C9H13S/c1-3-10-9-7-5-4-6-8(9)2/h4-8H,3H2,1-2H3. The Bertz CT molecular complexity index is 147. The Hall–Kier alpha value is -0.170. The van der Waals surface area contributed by atoms with Crippen molar-refractivity contribution in [2.45, 2.75) is 13.8 Å². The highest BCUT2D eigenvalue weighted by Gasteiger charge is 2.13. The van der Waals surface area contributed by atoms with Crippen molar-refractivity contribution in [1.82, 2.24) is 0 Å². The molecule has 55 valence electrons. The Kier molecular flexibility index (Phi) is 3.07. The lowest BCUT2D eigenvalue weighted by Crippen LogP contribution is -2.02. The summed E-state index contributed by atoms with van der Waals surface area (Å²) in [7, 11) is 0. The highest BCUT2D eigenvalue weighted by Crippen LogP contribution is 2.31. The Balaban J connectivity index is 2.44. The fourth-order valence-electron chi connectivity index (χ4n) is 0.974. The van der Waals surface area contributed by atoms with E-state index in [0.717, 1.165) is 0 Å². The van der Waals surface area contributed by atoms with Crippen LogP contribution in [0.2, 0.25) is 0 Å². The fourth-order valence-corrected chi connectivity index (χ4v) is 1.82. The van der Waals surface area contributed by atoms with E-state index < -0.39 is 0 Å². The summed E-state index contributed by atoms with van der Waals surface area (Å²) in [6.45, 7) is 4.43. The van der Waals surface area contributed by atoms with E-state index in [-0.39, 0.29) is 0 Å². The minimum absolute atomic E-state index is 0.634. The van der Waals surface area contributed by atoms with E-state index in [1.807, 2.05) is 11.8 Å². The zero-order chi connectivity index (χ0) is 7.40. The van der Waals surface area contributed by atoms with Gasteiger partial charge in [0.2, 0.25) is 0 Å². The molecule has 0 fully saturated rings. The molecular weight excluding hydrogens is 140 g/mol. The molecule has 1 rings (SSSR count). The van der Waals surface area contributed by atoms with Crippen LogP contribution in [0, 0.1) is 11.2 Å². The van der Waals surface area contributed by atoms with Crippen molar-refractivity contribution in [3.05, 3.63) is 29.6 Å². The maximum atomic E-state index is 2.23. The molecule has 0 N–H and O–H groups in total. The normalized spacial score (nSPS) is 25.6. The van der Waals surface area contributed by atoms with Gasteiger partial charge in [0, 0.05) is 0 Å². The quantitative estimate of drug-likeness (QED) is 0.587. The van der Waals surface area contributed by atoms with Gasteiger partial charge in [-0.1, -0.05) is 38.2 Å². The van der Waals surface area contributed by atoms with Gasteiger partial charge in [-0.15, -0.1) is 11.8 Å². The van der Waals surface area contributed by atoms with Gasteiger partial charge in [0.25, 0.3) is 0 Å². The third kappa shape index (κ3) is 1.91. The summed E-state index contributed by atoms with van der Waals surface area (Å²) < 4.78 is 0. The van der Waals surface area contributed by atoms with Gasteiger partial charge in [0.1, 0.15) is 0 Å². The van der Waals surface area contributed by atoms with Crippen LogP contribution in [-0.4, -0.2) is 5.75 Å². The number of allylic oxidation sites excluding steroid dienone is 3. The molecule has 1 unspecified atom stereocenters. The van der Waals surface area contributed by atoms with Gasteiger partial charge < -0.3 is 0 Å². The molecule has 1 radical (unpaired) electrons. The molecular formula is C9H13S. The second-order valence-electron chi connectivity index (χ2n) is 2.37. The number of hydrogen-bond donors (Lipinski definition) is 0. The fraction of sp³-hybridized carbons (Fsp3) is 0.444. The molecule has 1 aliphatic rings. The molecule has 1 aliphatic carbocycles. The molecule has 0 spiro atoms. The lowest BCUT2D eigenvalue weighted by atomic mass is 10.0. The molecule has 0 heterocycles. The van der Waals surface area contributed by atoms with Crippen LogP contribution < -0.4 is 0 Å². The number of thioether (sulfide) groups is 1. The van der Waals surface area contributed by atoms with Gasteiger partial charge >= 0.3 is 0 Å². The molecule has 10 heavy (non-hydrogen) atoms. The smallest absolute Gasteiger partial charge is 0.0589 e. The van der Waals surface area contributed by atoms with Crippen LogP contribution in [0.3, 0.4) is 0 Å². The monoisotopic (exact) mass is 153 g/mol. The summed E-state index contributed by atoms with van der Waals surface area (Å²) in [5.74, 6) is 1.81. The minimum Gasteiger partial charge on any atom is -0.149 e. The van der Waals surface area contributed by atoms with Gasteiger partial charge in [-0.3, -0.25) is 0 Å². The molecule has 0 aromatic heterocycles. The van der Waals surface area contributed by atoms with Crippen molar-refractivity contribution in [1.29, 1.82) is 0 Å². The first-order valence-electron chi connectivity index (χ1n) is 3.69. The van der Waals surface area contributed by atoms with Gasteiger partial charge in [-0.2, -0.15) is 0 Å². The maximum absolute atomic E-state index is 2.23. The van der Waals surface area contributed by atoms with Gasteiger partial charge in [-0.05, 0) is 11.7 Å². The maximum Gasteiger partial charge on any atom is 0.0589 e. The van der Waals surface area contributed by atoms with Crippen molar-refractivity contribution in [3.8, 4) is 0 Å². The minimum atomic E-state index is 0.634. The third-order valence-corrected chi connectivity index (χ3v) is 2.66. The summed E-state index contributed by atoms with van der Waals surface area (Å²) in [6, 6.07) is 0. The molecule has 0 saturated carbocycles. The zero-order valence-corrected chi connectivity index (χ0v) is 7.32. The van der Waals surface area contributed by atoms with Crippen LogP contribution in [0.5, 0.6) is 0 Å². The molecule has 0 aromatic carbocycles. The van der Waals surface area contributed by atoms with Crippen LogP contribution in [0.15, 0.2) is 24.3 Å². The van der Waals surface area contributed by atoms with Crippen molar-refractivity contribution in [3.63, 3.8) is 0 Å². The largest absolute Gasteiger partial charge is 0.149 e. The van der Waals surface area contributed by atoms with Gasteiger partial charge in [0.05, 0.1) is 5.25 Å². The van der Waals surface area contributed by atoms with E-state index in [1.165, 1.54) is 11.0 Å². The molecule has 0 amide bonds. The summed E-state index contributed by atoms with van der Waals surface area (Å²) in [6.07, 6.45) is 8.67. The second kappa shape index (κ2) is 3.87. The molecule has 1 heteroatoms. The predicted octanol–water partition coefficient (Wildman–Crippen LogP) is 3.03. The highest BCUT2D eigenvalue weighted by molar-refractivity contribution is 8.02. The van der Waals surface area contributed by atoms with E-state index in [2.05, 4.69) is 38.2 Å².